The molecule has 0 spiro atoms. The van der Waals surface area contributed by atoms with Crippen LogP contribution in [0.1, 0.15) is 43.4 Å². The summed E-state index contributed by atoms with van der Waals surface area (Å²) < 4.78 is 5.47. The average Bonchev–Trinajstić information content (AvgIpc) is 2.72. The van der Waals surface area contributed by atoms with E-state index in [0.717, 1.165) is 25.2 Å². The second-order valence-corrected chi connectivity index (χ2v) is 4.21. The molecule has 0 aliphatic carbocycles. The molecule has 1 atom stereocenters. The maximum absolute atomic E-state index is 6.13. The van der Waals surface area contributed by atoms with Crippen LogP contribution in [0, 0.1) is 0 Å². The Kier molecular flexibility index (Phi) is 3.27. The number of ether oxygens (including phenoxy) is 1. The Morgan fingerprint density at radius 1 is 1.47 bits per heavy atom. The van der Waals surface area contributed by atoms with Gasteiger partial charge < -0.3 is 10.5 Å². The zero-order valence-electron chi connectivity index (χ0n) is 9.33. The van der Waals surface area contributed by atoms with E-state index in [1.165, 1.54) is 24.0 Å². The number of hydrogen-bond donors (Lipinski definition) is 1. The van der Waals surface area contributed by atoms with E-state index in [1.54, 1.807) is 0 Å². The summed E-state index contributed by atoms with van der Waals surface area (Å²) in [6.07, 6.45) is 4.52. The van der Waals surface area contributed by atoms with Crippen LogP contribution in [0.15, 0.2) is 18.2 Å². The first-order valence-electron chi connectivity index (χ1n) is 5.82. The second-order valence-electron chi connectivity index (χ2n) is 4.21. The summed E-state index contributed by atoms with van der Waals surface area (Å²) in [5.74, 6) is 1.04. The van der Waals surface area contributed by atoms with Crippen LogP contribution in [0.4, 0.5) is 0 Å². The van der Waals surface area contributed by atoms with Gasteiger partial charge >= 0.3 is 0 Å². The lowest BCUT2D eigenvalue weighted by Gasteiger charge is -2.12. The van der Waals surface area contributed by atoms with Crippen molar-refractivity contribution in [1.82, 2.24) is 0 Å². The van der Waals surface area contributed by atoms with Crippen molar-refractivity contribution in [2.75, 3.05) is 6.61 Å². The van der Waals surface area contributed by atoms with Gasteiger partial charge in [-0.05, 0) is 23.6 Å². The highest BCUT2D eigenvalue weighted by molar-refractivity contribution is 5.40. The highest BCUT2D eigenvalue weighted by Crippen LogP contribution is 2.28. The lowest BCUT2D eigenvalue weighted by Crippen LogP contribution is -2.10. The molecule has 0 radical (unpaired) electrons. The zero-order chi connectivity index (χ0) is 10.7. The first kappa shape index (κ1) is 10.5. The summed E-state index contributed by atoms with van der Waals surface area (Å²) in [5.41, 5.74) is 8.71. The molecule has 0 fully saturated rings. The molecule has 0 amide bonds. The predicted molar refractivity (Wildman–Crippen MR) is 62.1 cm³/mol. The maximum Gasteiger partial charge on any atom is 0.122 e. The molecular formula is C13H19NO. The fourth-order valence-electron chi connectivity index (χ4n) is 2.03. The minimum Gasteiger partial charge on any atom is -0.493 e. The molecule has 1 aliphatic heterocycles. The van der Waals surface area contributed by atoms with E-state index in [0.29, 0.717) is 0 Å². The summed E-state index contributed by atoms with van der Waals surface area (Å²) in [6.45, 7) is 3.02. The first-order chi connectivity index (χ1) is 7.31. The van der Waals surface area contributed by atoms with E-state index >= 15 is 0 Å². The van der Waals surface area contributed by atoms with Gasteiger partial charge in [0.15, 0.2) is 0 Å². The molecule has 2 N–H and O–H groups in total. The van der Waals surface area contributed by atoms with Gasteiger partial charge in [-0.25, -0.2) is 0 Å². The van der Waals surface area contributed by atoms with Gasteiger partial charge in [-0.3, -0.25) is 0 Å². The Labute approximate surface area is 91.4 Å². The van der Waals surface area contributed by atoms with Gasteiger partial charge in [-0.2, -0.15) is 0 Å². The molecule has 1 aromatic rings. The van der Waals surface area contributed by atoms with E-state index in [4.69, 9.17) is 10.5 Å². The third kappa shape index (κ3) is 2.32. The van der Waals surface area contributed by atoms with E-state index < -0.39 is 0 Å². The zero-order valence-corrected chi connectivity index (χ0v) is 9.33. The molecule has 1 heterocycles. The normalized spacial score (nSPS) is 15.9. The van der Waals surface area contributed by atoms with Crippen LogP contribution in [0.5, 0.6) is 5.75 Å². The van der Waals surface area contributed by atoms with Crippen molar-refractivity contribution in [3.63, 3.8) is 0 Å². The number of hydrogen-bond acceptors (Lipinski definition) is 2. The standard InChI is InChI=1S/C13H19NO/c1-2-3-4-12(14)10-5-6-13-11(9-10)7-8-15-13/h5-6,9,12H,2-4,7-8,14H2,1H3/t12-/m1/s1. The SMILES string of the molecule is CCCC[C@@H](N)c1ccc2c(c1)CCO2. The quantitative estimate of drug-likeness (QED) is 0.820. The van der Waals surface area contributed by atoms with Crippen molar-refractivity contribution < 1.29 is 4.74 Å². The molecule has 0 saturated heterocycles. The molecule has 1 aliphatic rings. The monoisotopic (exact) mass is 205 g/mol. The van der Waals surface area contributed by atoms with Crippen LogP contribution in [0.25, 0.3) is 0 Å². The van der Waals surface area contributed by atoms with Crippen molar-refractivity contribution >= 4 is 0 Å². The highest BCUT2D eigenvalue weighted by Gasteiger charge is 2.14. The number of unbranched alkanes of at least 4 members (excludes halogenated alkanes) is 1. The molecular weight excluding hydrogens is 186 g/mol. The van der Waals surface area contributed by atoms with Gasteiger partial charge in [0.05, 0.1) is 6.61 Å². The van der Waals surface area contributed by atoms with Crippen LogP contribution in [-0.4, -0.2) is 6.61 Å². The van der Waals surface area contributed by atoms with E-state index in [-0.39, 0.29) is 6.04 Å². The number of benzene rings is 1. The molecule has 82 valence electrons. The topological polar surface area (TPSA) is 35.2 Å². The molecule has 2 heteroatoms. The van der Waals surface area contributed by atoms with Crippen molar-refractivity contribution in [3.05, 3.63) is 29.3 Å². The van der Waals surface area contributed by atoms with Gasteiger partial charge in [0.25, 0.3) is 0 Å². The Balaban J connectivity index is 2.08. The fraction of sp³-hybridized carbons (Fsp3) is 0.538. The Bertz CT molecular complexity index is 335. The molecule has 2 rings (SSSR count). The highest BCUT2D eigenvalue weighted by atomic mass is 16.5. The van der Waals surface area contributed by atoms with Crippen LogP contribution in [0.3, 0.4) is 0 Å². The van der Waals surface area contributed by atoms with E-state index in [1.807, 2.05) is 0 Å². The van der Waals surface area contributed by atoms with Crippen molar-refractivity contribution in [2.45, 2.75) is 38.6 Å². The summed E-state index contributed by atoms with van der Waals surface area (Å²) >= 11 is 0. The molecule has 0 saturated carbocycles. The Morgan fingerprint density at radius 3 is 3.13 bits per heavy atom. The molecule has 2 nitrogen and oxygen atoms in total. The van der Waals surface area contributed by atoms with Crippen LogP contribution >= 0.6 is 0 Å². The average molecular weight is 205 g/mol. The van der Waals surface area contributed by atoms with E-state index in [2.05, 4.69) is 25.1 Å². The van der Waals surface area contributed by atoms with E-state index in [9.17, 15) is 0 Å². The van der Waals surface area contributed by atoms with Crippen molar-refractivity contribution in [2.24, 2.45) is 5.73 Å². The molecule has 1 aromatic carbocycles. The summed E-state index contributed by atoms with van der Waals surface area (Å²) in [5, 5.41) is 0. The maximum atomic E-state index is 6.13. The largest absolute Gasteiger partial charge is 0.493 e. The Morgan fingerprint density at radius 2 is 2.33 bits per heavy atom. The number of nitrogens with two attached hydrogens (primary N) is 1. The lowest BCUT2D eigenvalue weighted by atomic mass is 9.99. The molecule has 0 unspecified atom stereocenters. The fourth-order valence-corrected chi connectivity index (χ4v) is 2.03. The number of fused-ring (bicyclic) bond motifs is 1. The lowest BCUT2D eigenvalue weighted by molar-refractivity contribution is 0.357. The van der Waals surface area contributed by atoms with Crippen LogP contribution in [0.2, 0.25) is 0 Å². The first-order valence-corrected chi connectivity index (χ1v) is 5.82. The van der Waals surface area contributed by atoms with Crippen LogP contribution in [-0.2, 0) is 6.42 Å². The second kappa shape index (κ2) is 4.67. The van der Waals surface area contributed by atoms with Gasteiger partial charge in [0, 0.05) is 12.5 Å². The smallest absolute Gasteiger partial charge is 0.122 e. The van der Waals surface area contributed by atoms with Gasteiger partial charge in [0.2, 0.25) is 0 Å². The van der Waals surface area contributed by atoms with Gasteiger partial charge in [-0.15, -0.1) is 0 Å². The summed E-state index contributed by atoms with van der Waals surface area (Å²) in [7, 11) is 0. The minimum absolute atomic E-state index is 0.191. The summed E-state index contributed by atoms with van der Waals surface area (Å²) in [6, 6.07) is 6.56. The third-order valence-electron chi connectivity index (χ3n) is 3.01. The van der Waals surface area contributed by atoms with Gasteiger partial charge in [0.1, 0.15) is 5.75 Å². The minimum atomic E-state index is 0.191. The molecule has 0 aromatic heterocycles. The van der Waals surface area contributed by atoms with Gasteiger partial charge in [-0.1, -0.05) is 31.9 Å². The van der Waals surface area contributed by atoms with Crippen molar-refractivity contribution in [1.29, 1.82) is 0 Å². The third-order valence-corrected chi connectivity index (χ3v) is 3.01. The predicted octanol–water partition coefficient (Wildman–Crippen LogP) is 2.81. The van der Waals surface area contributed by atoms with Crippen molar-refractivity contribution in [3.8, 4) is 5.75 Å². The molecule has 15 heavy (non-hydrogen) atoms. The number of rotatable bonds is 4. The summed E-state index contributed by atoms with van der Waals surface area (Å²) in [4.78, 5) is 0. The Hall–Kier alpha value is -1.02. The van der Waals surface area contributed by atoms with Crippen LogP contribution < -0.4 is 10.5 Å². The molecule has 0 bridgehead atoms.